The van der Waals surface area contributed by atoms with Crippen LogP contribution >= 0.6 is 24.0 Å². The Bertz CT molecular complexity index is 462. The first kappa shape index (κ1) is 19.8. The largest absolute Gasteiger partial charge is 0.380 e. The number of nitrogens with one attached hydrogen (secondary N) is 2. The SMILES string of the molecule is CN=C(NCC1(C)COC1)NC1CCN(C(=O)C2CCCC2)C1.I. The number of guanidine groups is 1. The van der Waals surface area contributed by atoms with E-state index in [0.29, 0.717) is 11.9 Å². The van der Waals surface area contributed by atoms with E-state index in [1.54, 1.807) is 7.05 Å². The number of rotatable bonds is 4. The molecular formula is C17H31IN4O2. The molecule has 1 aliphatic carbocycles. The van der Waals surface area contributed by atoms with Crippen LogP contribution in [0, 0.1) is 11.3 Å². The number of nitrogens with zero attached hydrogens (tertiary/aromatic N) is 2. The molecule has 0 aromatic rings. The molecule has 0 radical (unpaired) electrons. The molecule has 0 bridgehead atoms. The molecule has 1 saturated carbocycles. The summed E-state index contributed by atoms with van der Waals surface area (Å²) in [6.45, 7) is 6.37. The van der Waals surface area contributed by atoms with Crippen molar-refractivity contribution in [2.75, 3.05) is 39.9 Å². The second kappa shape index (κ2) is 8.69. The van der Waals surface area contributed by atoms with Crippen LogP contribution in [0.5, 0.6) is 0 Å². The highest BCUT2D eigenvalue weighted by molar-refractivity contribution is 14.0. The maximum atomic E-state index is 12.5. The Morgan fingerprint density at radius 3 is 2.58 bits per heavy atom. The van der Waals surface area contributed by atoms with Crippen molar-refractivity contribution in [1.29, 1.82) is 0 Å². The zero-order valence-corrected chi connectivity index (χ0v) is 17.2. The van der Waals surface area contributed by atoms with Crippen LogP contribution in [0.25, 0.3) is 0 Å². The van der Waals surface area contributed by atoms with Gasteiger partial charge >= 0.3 is 0 Å². The molecule has 2 heterocycles. The fourth-order valence-electron chi connectivity index (χ4n) is 3.75. The van der Waals surface area contributed by atoms with Gasteiger partial charge in [-0.2, -0.15) is 0 Å². The monoisotopic (exact) mass is 450 g/mol. The highest BCUT2D eigenvalue weighted by Gasteiger charge is 2.34. The van der Waals surface area contributed by atoms with Gasteiger partial charge in [0.2, 0.25) is 5.91 Å². The van der Waals surface area contributed by atoms with E-state index in [1.165, 1.54) is 12.8 Å². The number of hydrogen-bond donors (Lipinski definition) is 2. The highest BCUT2D eigenvalue weighted by atomic mass is 127. The van der Waals surface area contributed by atoms with Gasteiger partial charge in [0.1, 0.15) is 0 Å². The van der Waals surface area contributed by atoms with Crippen molar-refractivity contribution in [2.45, 2.75) is 45.1 Å². The van der Waals surface area contributed by atoms with Crippen LogP contribution in [0.4, 0.5) is 0 Å². The molecule has 138 valence electrons. The van der Waals surface area contributed by atoms with Crippen LogP contribution in [0.3, 0.4) is 0 Å². The maximum Gasteiger partial charge on any atom is 0.225 e. The highest BCUT2D eigenvalue weighted by Crippen LogP contribution is 2.28. The molecule has 3 fully saturated rings. The molecule has 1 atom stereocenters. The van der Waals surface area contributed by atoms with Crippen molar-refractivity contribution in [3.63, 3.8) is 0 Å². The summed E-state index contributed by atoms with van der Waals surface area (Å²) < 4.78 is 5.28. The lowest BCUT2D eigenvalue weighted by Gasteiger charge is -2.38. The van der Waals surface area contributed by atoms with Gasteiger partial charge in [0.05, 0.1) is 13.2 Å². The smallest absolute Gasteiger partial charge is 0.225 e. The number of halogens is 1. The Morgan fingerprint density at radius 1 is 1.29 bits per heavy atom. The average Bonchev–Trinajstić information content (AvgIpc) is 3.20. The first-order valence-electron chi connectivity index (χ1n) is 8.93. The van der Waals surface area contributed by atoms with E-state index in [4.69, 9.17) is 4.74 Å². The number of likely N-dealkylation sites (tertiary alicyclic amines) is 1. The lowest BCUT2D eigenvalue weighted by atomic mass is 9.89. The minimum atomic E-state index is 0. The van der Waals surface area contributed by atoms with Gasteiger partial charge in [-0.1, -0.05) is 19.8 Å². The van der Waals surface area contributed by atoms with E-state index >= 15 is 0 Å². The summed E-state index contributed by atoms with van der Waals surface area (Å²) in [5.74, 6) is 1.48. The van der Waals surface area contributed by atoms with E-state index in [9.17, 15) is 4.79 Å². The van der Waals surface area contributed by atoms with Gasteiger partial charge in [0, 0.05) is 44.1 Å². The van der Waals surface area contributed by atoms with Crippen molar-refractivity contribution >= 4 is 35.8 Å². The predicted octanol–water partition coefficient (Wildman–Crippen LogP) is 1.60. The Kier molecular flexibility index (Phi) is 7.15. The molecule has 2 saturated heterocycles. The van der Waals surface area contributed by atoms with Gasteiger partial charge in [-0.05, 0) is 19.3 Å². The topological polar surface area (TPSA) is 66.0 Å². The quantitative estimate of drug-likeness (QED) is 0.388. The van der Waals surface area contributed by atoms with Crippen molar-refractivity contribution in [3.8, 4) is 0 Å². The van der Waals surface area contributed by atoms with E-state index in [-0.39, 0.29) is 35.3 Å². The molecular weight excluding hydrogens is 419 g/mol. The van der Waals surface area contributed by atoms with Crippen molar-refractivity contribution in [3.05, 3.63) is 0 Å². The molecule has 7 heteroatoms. The molecule has 0 aromatic carbocycles. The summed E-state index contributed by atoms with van der Waals surface area (Å²) >= 11 is 0. The molecule has 0 aromatic heterocycles. The molecule has 3 rings (SSSR count). The Balaban J connectivity index is 0.00000208. The fraction of sp³-hybridized carbons (Fsp3) is 0.882. The fourth-order valence-corrected chi connectivity index (χ4v) is 3.75. The maximum absolute atomic E-state index is 12.5. The third kappa shape index (κ3) is 4.74. The summed E-state index contributed by atoms with van der Waals surface area (Å²) in [6, 6.07) is 0.303. The van der Waals surface area contributed by atoms with Crippen LogP contribution in [0.1, 0.15) is 39.0 Å². The first-order valence-corrected chi connectivity index (χ1v) is 8.93. The number of ether oxygens (including phenoxy) is 1. The van der Waals surface area contributed by atoms with Crippen molar-refractivity contribution < 1.29 is 9.53 Å². The zero-order chi connectivity index (χ0) is 16.3. The molecule has 2 N–H and O–H groups in total. The minimum Gasteiger partial charge on any atom is -0.380 e. The summed E-state index contributed by atoms with van der Waals surface area (Å²) in [4.78, 5) is 18.8. The van der Waals surface area contributed by atoms with Gasteiger partial charge in [0.15, 0.2) is 5.96 Å². The molecule has 6 nitrogen and oxygen atoms in total. The molecule has 3 aliphatic rings. The summed E-state index contributed by atoms with van der Waals surface area (Å²) in [7, 11) is 1.80. The van der Waals surface area contributed by atoms with E-state index in [1.807, 2.05) is 4.90 Å². The first-order chi connectivity index (χ1) is 11.1. The normalized spacial score (nSPS) is 26.7. The van der Waals surface area contributed by atoms with Gasteiger partial charge in [-0.3, -0.25) is 9.79 Å². The Morgan fingerprint density at radius 2 is 2.00 bits per heavy atom. The van der Waals surface area contributed by atoms with E-state index in [0.717, 1.165) is 58.1 Å². The van der Waals surface area contributed by atoms with Crippen molar-refractivity contribution in [2.24, 2.45) is 16.3 Å². The standard InChI is InChI=1S/C17H30N4O2.HI/c1-17(11-23-12-17)10-19-16(18-2)20-14-7-8-21(9-14)15(22)13-5-3-4-6-13;/h13-14H,3-12H2,1-2H3,(H2,18,19,20);1H. The molecule has 1 amide bonds. The van der Waals surface area contributed by atoms with Gasteiger partial charge in [-0.15, -0.1) is 24.0 Å². The number of carbonyl (C=O) groups is 1. The number of amides is 1. The summed E-state index contributed by atoms with van der Waals surface area (Å²) in [5.41, 5.74) is 0.220. The summed E-state index contributed by atoms with van der Waals surface area (Å²) in [6.07, 6.45) is 5.59. The third-order valence-electron chi connectivity index (χ3n) is 5.35. The second-order valence-corrected chi connectivity index (χ2v) is 7.62. The molecule has 1 unspecified atom stereocenters. The van der Waals surface area contributed by atoms with E-state index < -0.39 is 0 Å². The van der Waals surface area contributed by atoms with Crippen LogP contribution < -0.4 is 10.6 Å². The van der Waals surface area contributed by atoms with Gasteiger partial charge in [-0.25, -0.2) is 0 Å². The number of aliphatic imine (C=N–C) groups is 1. The number of carbonyl (C=O) groups excluding carboxylic acids is 1. The minimum absolute atomic E-state index is 0. The van der Waals surface area contributed by atoms with Crippen LogP contribution in [0.15, 0.2) is 4.99 Å². The third-order valence-corrected chi connectivity index (χ3v) is 5.35. The summed E-state index contributed by atoms with van der Waals surface area (Å²) in [5, 5.41) is 6.86. The van der Waals surface area contributed by atoms with Crippen LogP contribution in [-0.4, -0.2) is 62.7 Å². The van der Waals surface area contributed by atoms with Gasteiger partial charge < -0.3 is 20.3 Å². The predicted molar refractivity (Wildman–Crippen MR) is 106 cm³/mol. The second-order valence-electron chi connectivity index (χ2n) is 7.62. The van der Waals surface area contributed by atoms with Crippen LogP contribution in [-0.2, 0) is 9.53 Å². The lowest BCUT2D eigenvalue weighted by Crippen LogP contribution is -2.52. The zero-order valence-electron chi connectivity index (χ0n) is 14.8. The van der Waals surface area contributed by atoms with E-state index in [2.05, 4.69) is 22.5 Å². The van der Waals surface area contributed by atoms with Crippen LogP contribution in [0.2, 0.25) is 0 Å². The molecule has 0 spiro atoms. The Hall–Kier alpha value is -0.570. The van der Waals surface area contributed by atoms with Crippen molar-refractivity contribution in [1.82, 2.24) is 15.5 Å². The van der Waals surface area contributed by atoms with Gasteiger partial charge in [0.25, 0.3) is 0 Å². The molecule has 24 heavy (non-hydrogen) atoms. The average molecular weight is 450 g/mol. The molecule has 2 aliphatic heterocycles. The lowest BCUT2D eigenvalue weighted by molar-refractivity contribution is -0.134. The Labute approximate surface area is 162 Å². The number of hydrogen-bond acceptors (Lipinski definition) is 3.